The summed E-state index contributed by atoms with van der Waals surface area (Å²) in [6, 6.07) is 17.3. The summed E-state index contributed by atoms with van der Waals surface area (Å²) < 4.78 is 16.0. The Balaban J connectivity index is 1.58. The number of fused-ring (bicyclic) bond motifs is 1. The summed E-state index contributed by atoms with van der Waals surface area (Å²) in [7, 11) is 0. The van der Waals surface area contributed by atoms with Gasteiger partial charge in [-0.15, -0.1) is 22.0 Å². The van der Waals surface area contributed by atoms with Crippen LogP contribution >= 0.6 is 23.5 Å². The van der Waals surface area contributed by atoms with Crippen LogP contribution in [-0.4, -0.2) is 26.3 Å². The van der Waals surface area contributed by atoms with Crippen LogP contribution in [0.4, 0.5) is 4.39 Å². The van der Waals surface area contributed by atoms with Gasteiger partial charge in [-0.05, 0) is 12.1 Å². The maximum absolute atomic E-state index is 13.8. The number of hydrogen-bond donors (Lipinski definition) is 0. The average molecular weight is 343 g/mol. The van der Waals surface area contributed by atoms with Crippen LogP contribution in [0.25, 0.3) is 11.4 Å². The first-order valence-electron chi connectivity index (χ1n) is 7.33. The molecule has 3 aromatic rings. The maximum atomic E-state index is 13.8. The average Bonchev–Trinajstić information content (AvgIpc) is 3.17. The van der Waals surface area contributed by atoms with Crippen molar-refractivity contribution >= 4 is 23.5 Å². The van der Waals surface area contributed by atoms with Crippen molar-refractivity contribution in [3.63, 3.8) is 0 Å². The molecule has 0 fully saturated rings. The molecule has 1 atom stereocenters. The minimum absolute atomic E-state index is 0.157. The predicted molar refractivity (Wildman–Crippen MR) is 92.3 cm³/mol. The molecule has 1 aliphatic heterocycles. The summed E-state index contributed by atoms with van der Waals surface area (Å²) in [4.78, 5) is 0.695. The van der Waals surface area contributed by atoms with Gasteiger partial charge in [0.15, 0.2) is 11.0 Å². The first-order chi connectivity index (χ1) is 11.3. The van der Waals surface area contributed by atoms with Gasteiger partial charge in [0.05, 0.1) is 6.04 Å². The number of benzene rings is 2. The van der Waals surface area contributed by atoms with Gasteiger partial charge < -0.3 is 0 Å². The molecule has 1 aliphatic rings. The Hall–Kier alpha value is -1.79. The maximum Gasteiger partial charge on any atom is 0.191 e. The summed E-state index contributed by atoms with van der Waals surface area (Å²) in [6.45, 7) is 0. The Morgan fingerprint density at radius 2 is 1.87 bits per heavy atom. The molecule has 3 nitrogen and oxygen atoms in total. The van der Waals surface area contributed by atoms with Crippen LogP contribution in [-0.2, 0) is 0 Å². The summed E-state index contributed by atoms with van der Waals surface area (Å²) in [5.74, 6) is 2.49. The fourth-order valence-corrected chi connectivity index (χ4v) is 4.85. The van der Waals surface area contributed by atoms with Crippen molar-refractivity contribution in [2.45, 2.75) is 16.1 Å². The molecule has 1 aromatic heterocycles. The third kappa shape index (κ3) is 2.88. The highest BCUT2D eigenvalue weighted by Crippen LogP contribution is 2.39. The van der Waals surface area contributed by atoms with E-state index in [9.17, 15) is 4.39 Å². The van der Waals surface area contributed by atoms with E-state index in [1.165, 1.54) is 6.07 Å². The standard InChI is InChI=1S/C17H14FN3S2/c18-14-8-4-5-9-15(14)22-10-13-11-23-17-20-19-16(21(13)17)12-6-2-1-3-7-12/h1-9,13H,10-11H2/t13-/m0/s1. The second-order valence-electron chi connectivity index (χ2n) is 5.25. The van der Waals surface area contributed by atoms with Crippen molar-refractivity contribution in [3.05, 3.63) is 60.4 Å². The minimum Gasteiger partial charge on any atom is -0.297 e. The van der Waals surface area contributed by atoms with Crippen LogP contribution in [0, 0.1) is 5.82 Å². The van der Waals surface area contributed by atoms with E-state index in [2.05, 4.69) is 14.8 Å². The van der Waals surface area contributed by atoms with E-state index >= 15 is 0 Å². The van der Waals surface area contributed by atoms with E-state index in [-0.39, 0.29) is 11.9 Å². The second kappa shape index (κ2) is 6.37. The molecule has 0 saturated carbocycles. The molecule has 0 N–H and O–H groups in total. The van der Waals surface area contributed by atoms with E-state index < -0.39 is 0 Å². The third-order valence-electron chi connectivity index (χ3n) is 3.73. The Kier molecular flexibility index (Phi) is 4.10. The molecule has 6 heteroatoms. The zero-order chi connectivity index (χ0) is 15.6. The van der Waals surface area contributed by atoms with Gasteiger partial charge >= 0.3 is 0 Å². The van der Waals surface area contributed by atoms with Crippen LogP contribution in [0.1, 0.15) is 6.04 Å². The molecule has 0 bridgehead atoms. The van der Waals surface area contributed by atoms with E-state index in [1.807, 2.05) is 42.5 Å². The topological polar surface area (TPSA) is 30.7 Å². The minimum atomic E-state index is -0.157. The quantitative estimate of drug-likeness (QED) is 0.652. The highest BCUT2D eigenvalue weighted by atomic mass is 32.2. The van der Waals surface area contributed by atoms with Crippen LogP contribution in [0.15, 0.2) is 64.6 Å². The lowest BCUT2D eigenvalue weighted by Gasteiger charge is -2.14. The van der Waals surface area contributed by atoms with E-state index in [0.717, 1.165) is 28.0 Å². The van der Waals surface area contributed by atoms with Crippen LogP contribution in [0.3, 0.4) is 0 Å². The number of hydrogen-bond acceptors (Lipinski definition) is 4. The molecule has 0 unspecified atom stereocenters. The van der Waals surface area contributed by atoms with Crippen molar-refractivity contribution < 1.29 is 4.39 Å². The monoisotopic (exact) mass is 343 g/mol. The highest BCUT2D eigenvalue weighted by molar-refractivity contribution is 8.00. The van der Waals surface area contributed by atoms with Gasteiger partial charge in [-0.3, -0.25) is 4.57 Å². The molecular formula is C17H14FN3S2. The fourth-order valence-electron chi connectivity index (χ4n) is 2.60. The summed E-state index contributed by atoms with van der Waals surface area (Å²) in [5, 5.41) is 9.58. The van der Waals surface area contributed by atoms with Gasteiger partial charge in [0, 0.05) is 22.0 Å². The Morgan fingerprint density at radius 3 is 2.70 bits per heavy atom. The molecule has 0 amide bonds. The van der Waals surface area contributed by atoms with E-state index in [1.54, 1.807) is 29.6 Å². The molecule has 0 spiro atoms. The van der Waals surface area contributed by atoms with Gasteiger partial charge in [0.1, 0.15) is 5.82 Å². The van der Waals surface area contributed by atoms with E-state index in [0.29, 0.717) is 4.90 Å². The lowest BCUT2D eigenvalue weighted by atomic mass is 10.2. The van der Waals surface area contributed by atoms with Crippen molar-refractivity contribution in [2.75, 3.05) is 11.5 Å². The smallest absolute Gasteiger partial charge is 0.191 e. The summed E-state index contributed by atoms with van der Waals surface area (Å²) >= 11 is 3.26. The molecular weight excluding hydrogens is 329 g/mol. The molecule has 4 rings (SSSR count). The predicted octanol–water partition coefficient (Wildman–Crippen LogP) is 4.52. The lowest BCUT2D eigenvalue weighted by molar-refractivity contribution is 0.590. The molecule has 0 saturated heterocycles. The Labute approximate surface area is 142 Å². The zero-order valence-corrected chi connectivity index (χ0v) is 13.9. The Bertz CT molecular complexity index is 820. The SMILES string of the molecule is Fc1ccccc1SC[C@H]1CSc2nnc(-c3ccccc3)n21. The van der Waals surface area contributed by atoms with Crippen LogP contribution in [0.2, 0.25) is 0 Å². The van der Waals surface area contributed by atoms with Gasteiger partial charge in [0.2, 0.25) is 0 Å². The summed E-state index contributed by atoms with van der Waals surface area (Å²) in [6.07, 6.45) is 0. The van der Waals surface area contributed by atoms with Gasteiger partial charge in [0.25, 0.3) is 0 Å². The first-order valence-corrected chi connectivity index (χ1v) is 9.30. The van der Waals surface area contributed by atoms with E-state index in [4.69, 9.17) is 0 Å². The normalized spacial score (nSPS) is 16.5. The van der Waals surface area contributed by atoms with Crippen molar-refractivity contribution in [2.24, 2.45) is 0 Å². The van der Waals surface area contributed by atoms with Crippen molar-refractivity contribution in [1.82, 2.24) is 14.8 Å². The van der Waals surface area contributed by atoms with Crippen LogP contribution in [0.5, 0.6) is 0 Å². The molecule has 2 aromatic carbocycles. The Morgan fingerprint density at radius 1 is 1.09 bits per heavy atom. The molecule has 0 radical (unpaired) electrons. The first kappa shape index (κ1) is 14.8. The van der Waals surface area contributed by atoms with Crippen LogP contribution < -0.4 is 0 Å². The van der Waals surface area contributed by atoms with Crippen molar-refractivity contribution in [1.29, 1.82) is 0 Å². The lowest BCUT2D eigenvalue weighted by Crippen LogP contribution is -2.11. The molecule has 23 heavy (non-hydrogen) atoms. The number of halogens is 1. The van der Waals surface area contributed by atoms with Gasteiger partial charge in [-0.25, -0.2) is 4.39 Å². The number of rotatable bonds is 4. The van der Waals surface area contributed by atoms with Gasteiger partial charge in [-0.1, -0.05) is 54.2 Å². The largest absolute Gasteiger partial charge is 0.297 e. The third-order valence-corrected chi connectivity index (χ3v) is 6.02. The zero-order valence-electron chi connectivity index (χ0n) is 12.2. The number of aromatic nitrogens is 3. The fraction of sp³-hybridized carbons (Fsp3) is 0.176. The number of nitrogens with zero attached hydrogens (tertiary/aromatic N) is 3. The molecule has 0 aliphatic carbocycles. The highest BCUT2D eigenvalue weighted by Gasteiger charge is 2.28. The van der Waals surface area contributed by atoms with Crippen molar-refractivity contribution in [3.8, 4) is 11.4 Å². The second-order valence-corrected chi connectivity index (χ2v) is 7.30. The van der Waals surface area contributed by atoms with Gasteiger partial charge in [-0.2, -0.15) is 0 Å². The molecule has 2 heterocycles. The summed E-state index contributed by atoms with van der Waals surface area (Å²) in [5.41, 5.74) is 1.06. The number of thioether (sulfide) groups is 2. The molecule has 116 valence electrons.